The summed E-state index contributed by atoms with van der Waals surface area (Å²) in [5.41, 5.74) is 0.618. The van der Waals surface area contributed by atoms with Crippen molar-refractivity contribution in [3.05, 3.63) is 47.5 Å². The van der Waals surface area contributed by atoms with Gasteiger partial charge in [0.1, 0.15) is 11.5 Å². The predicted molar refractivity (Wildman–Crippen MR) is 99.6 cm³/mol. The Morgan fingerprint density at radius 1 is 1.12 bits per heavy atom. The highest BCUT2D eigenvalue weighted by Crippen LogP contribution is 2.29. The van der Waals surface area contributed by atoms with Gasteiger partial charge in [-0.15, -0.1) is 11.8 Å². The maximum absolute atomic E-state index is 12.1. The van der Waals surface area contributed by atoms with Crippen LogP contribution in [0.15, 0.2) is 47.4 Å². The Kier molecular flexibility index (Phi) is 7.28. The number of hydrogen-bond acceptors (Lipinski definition) is 4. The molecule has 0 heterocycles. The molecule has 0 atom stereocenters. The van der Waals surface area contributed by atoms with Crippen LogP contribution in [0.2, 0.25) is 5.02 Å². The first-order valence-corrected chi connectivity index (χ1v) is 8.89. The molecule has 6 heteroatoms. The molecule has 0 radical (unpaired) electrons. The average Bonchev–Trinajstić information content (AvgIpc) is 2.60. The molecule has 128 valence electrons. The second-order valence-corrected chi connectivity index (χ2v) is 6.63. The normalized spacial score (nSPS) is 10.3. The predicted octanol–water partition coefficient (Wildman–Crippen LogP) is 4.87. The monoisotopic (exact) mass is 365 g/mol. The van der Waals surface area contributed by atoms with Crippen molar-refractivity contribution in [1.29, 1.82) is 0 Å². The van der Waals surface area contributed by atoms with Gasteiger partial charge >= 0.3 is 0 Å². The first-order chi connectivity index (χ1) is 11.6. The molecule has 2 aromatic carbocycles. The van der Waals surface area contributed by atoms with Crippen molar-refractivity contribution in [2.24, 2.45) is 0 Å². The van der Waals surface area contributed by atoms with E-state index in [4.69, 9.17) is 21.1 Å². The van der Waals surface area contributed by atoms with Crippen LogP contribution in [0.3, 0.4) is 0 Å². The molecule has 0 saturated heterocycles. The summed E-state index contributed by atoms with van der Waals surface area (Å²) in [5.74, 6) is 2.10. The SMILES string of the molecule is COc1ccc(OC)c(NC(=O)CCCSc2ccc(Cl)cc2)c1. The highest BCUT2D eigenvalue weighted by Gasteiger charge is 2.09. The number of thioether (sulfide) groups is 1. The smallest absolute Gasteiger partial charge is 0.224 e. The number of benzene rings is 2. The van der Waals surface area contributed by atoms with Crippen molar-refractivity contribution in [1.82, 2.24) is 0 Å². The van der Waals surface area contributed by atoms with E-state index in [0.717, 1.165) is 22.1 Å². The van der Waals surface area contributed by atoms with Crippen LogP contribution in [0.25, 0.3) is 0 Å². The van der Waals surface area contributed by atoms with Gasteiger partial charge in [0.15, 0.2) is 0 Å². The molecular weight excluding hydrogens is 346 g/mol. The van der Waals surface area contributed by atoms with Gasteiger partial charge < -0.3 is 14.8 Å². The minimum atomic E-state index is -0.0433. The third-order valence-corrected chi connectivity index (χ3v) is 4.66. The van der Waals surface area contributed by atoms with Crippen LogP contribution < -0.4 is 14.8 Å². The number of carbonyl (C=O) groups excluding carboxylic acids is 1. The van der Waals surface area contributed by atoms with Gasteiger partial charge in [0, 0.05) is 22.4 Å². The highest BCUT2D eigenvalue weighted by molar-refractivity contribution is 7.99. The zero-order valence-electron chi connectivity index (χ0n) is 13.7. The first-order valence-electron chi connectivity index (χ1n) is 7.52. The molecule has 0 saturated carbocycles. The molecular formula is C18H20ClNO3S. The number of halogens is 1. The molecule has 0 spiro atoms. The van der Waals surface area contributed by atoms with Gasteiger partial charge in [-0.25, -0.2) is 0 Å². The molecule has 1 amide bonds. The topological polar surface area (TPSA) is 47.6 Å². The van der Waals surface area contributed by atoms with Crippen LogP contribution in [-0.2, 0) is 4.79 Å². The summed E-state index contributed by atoms with van der Waals surface area (Å²) in [7, 11) is 3.15. The van der Waals surface area contributed by atoms with E-state index in [9.17, 15) is 4.79 Å². The quantitative estimate of drug-likeness (QED) is 0.535. The lowest BCUT2D eigenvalue weighted by molar-refractivity contribution is -0.116. The lowest BCUT2D eigenvalue weighted by atomic mass is 10.2. The van der Waals surface area contributed by atoms with Crippen LogP contribution in [0, 0.1) is 0 Å². The lowest BCUT2D eigenvalue weighted by Crippen LogP contribution is -2.12. The Morgan fingerprint density at radius 3 is 2.54 bits per heavy atom. The molecule has 0 fully saturated rings. The van der Waals surface area contributed by atoms with E-state index in [1.807, 2.05) is 24.3 Å². The summed E-state index contributed by atoms with van der Waals surface area (Å²) in [6, 6.07) is 13.0. The molecule has 0 aromatic heterocycles. The Hall–Kier alpha value is -1.85. The number of rotatable bonds is 8. The van der Waals surface area contributed by atoms with Crippen molar-refractivity contribution in [3.8, 4) is 11.5 Å². The zero-order chi connectivity index (χ0) is 17.4. The van der Waals surface area contributed by atoms with Crippen molar-refractivity contribution in [2.45, 2.75) is 17.7 Å². The number of anilines is 1. The molecule has 24 heavy (non-hydrogen) atoms. The number of hydrogen-bond donors (Lipinski definition) is 1. The van der Waals surface area contributed by atoms with Gasteiger partial charge in [0.05, 0.1) is 19.9 Å². The Morgan fingerprint density at radius 2 is 1.88 bits per heavy atom. The van der Waals surface area contributed by atoms with Crippen molar-refractivity contribution < 1.29 is 14.3 Å². The fourth-order valence-corrected chi connectivity index (χ4v) is 3.06. The van der Waals surface area contributed by atoms with Gasteiger partial charge in [0.2, 0.25) is 5.91 Å². The van der Waals surface area contributed by atoms with E-state index in [0.29, 0.717) is 23.6 Å². The molecule has 0 bridgehead atoms. The Labute approximate surface area is 151 Å². The van der Waals surface area contributed by atoms with E-state index >= 15 is 0 Å². The number of carbonyl (C=O) groups is 1. The second kappa shape index (κ2) is 9.45. The number of ether oxygens (including phenoxy) is 2. The summed E-state index contributed by atoms with van der Waals surface area (Å²) in [6.07, 6.45) is 1.23. The van der Waals surface area contributed by atoms with Gasteiger partial charge in [-0.05, 0) is 48.6 Å². The van der Waals surface area contributed by atoms with Crippen LogP contribution in [0.4, 0.5) is 5.69 Å². The Balaban J connectivity index is 1.80. The van der Waals surface area contributed by atoms with E-state index in [1.165, 1.54) is 0 Å². The van der Waals surface area contributed by atoms with Crippen LogP contribution >= 0.6 is 23.4 Å². The number of nitrogens with one attached hydrogen (secondary N) is 1. The molecule has 0 aliphatic rings. The van der Waals surface area contributed by atoms with E-state index < -0.39 is 0 Å². The van der Waals surface area contributed by atoms with Crippen LogP contribution in [-0.4, -0.2) is 25.9 Å². The molecule has 2 aromatic rings. The van der Waals surface area contributed by atoms with E-state index in [2.05, 4.69) is 5.32 Å². The molecule has 0 aliphatic carbocycles. The van der Waals surface area contributed by atoms with Crippen LogP contribution in [0.5, 0.6) is 11.5 Å². The van der Waals surface area contributed by atoms with Crippen LogP contribution in [0.1, 0.15) is 12.8 Å². The standard InChI is InChI=1S/C18H20ClNO3S/c1-22-14-7-10-17(23-2)16(12-14)20-18(21)4-3-11-24-15-8-5-13(19)6-9-15/h5-10,12H,3-4,11H2,1-2H3,(H,20,21). The minimum absolute atomic E-state index is 0.0433. The first kappa shape index (κ1) is 18.5. The van der Waals surface area contributed by atoms with E-state index in [-0.39, 0.29) is 5.91 Å². The summed E-state index contributed by atoms with van der Waals surface area (Å²) < 4.78 is 10.4. The molecule has 2 rings (SSSR count). The summed E-state index contributed by atoms with van der Waals surface area (Å²) >= 11 is 7.56. The minimum Gasteiger partial charge on any atom is -0.497 e. The maximum atomic E-state index is 12.1. The van der Waals surface area contributed by atoms with Gasteiger partial charge in [-0.2, -0.15) is 0 Å². The van der Waals surface area contributed by atoms with Gasteiger partial charge in [-0.1, -0.05) is 11.6 Å². The van der Waals surface area contributed by atoms with Crippen molar-refractivity contribution in [3.63, 3.8) is 0 Å². The summed E-state index contributed by atoms with van der Waals surface area (Å²) in [4.78, 5) is 13.2. The fourth-order valence-electron chi connectivity index (χ4n) is 2.08. The zero-order valence-corrected chi connectivity index (χ0v) is 15.2. The number of amides is 1. The molecule has 0 aliphatic heterocycles. The summed E-state index contributed by atoms with van der Waals surface area (Å²) in [6.45, 7) is 0. The third-order valence-electron chi connectivity index (χ3n) is 3.31. The van der Waals surface area contributed by atoms with Gasteiger partial charge in [0.25, 0.3) is 0 Å². The summed E-state index contributed by atoms with van der Waals surface area (Å²) in [5, 5.41) is 3.60. The lowest BCUT2D eigenvalue weighted by Gasteiger charge is -2.11. The molecule has 4 nitrogen and oxygen atoms in total. The molecule has 1 N–H and O–H groups in total. The Bertz CT molecular complexity index is 676. The highest BCUT2D eigenvalue weighted by atomic mass is 35.5. The third kappa shape index (κ3) is 5.65. The van der Waals surface area contributed by atoms with Crippen molar-refractivity contribution >= 4 is 35.0 Å². The average molecular weight is 366 g/mol. The number of methoxy groups -OCH3 is 2. The second-order valence-electron chi connectivity index (χ2n) is 5.02. The largest absolute Gasteiger partial charge is 0.497 e. The van der Waals surface area contributed by atoms with Gasteiger partial charge in [-0.3, -0.25) is 4.79 Å². The van der Waals surface area contributed by atoms with E-state index in [1.54, 1.807) is 44.2 Å². The fraction of sp³-hybridized carbons (Fsp3) is 0.278. The molecule has 0 unspecified atom stereocenters. The van der Waals surface area contributed by atoms with Crippen molar-refractivity contribution in [2.75, 3.05) is 25.3 Å². The maximum Gasteiger partial charge on any atom is 0.224 e.